The van der Waals surface area contributed by atoms with Gasteiger partial charge in [-0.1, -0.05) is 0 Å². The molecule has 0 radical (unpaired) electrons. The van der Waals surface area contributed by atoms with E-state index < -0.39 is 11.5 Å². The number of nitrogens with zero attached hydrogens (tertiary/aromatic N) is 2. The van der Waals surface area contributed by atoms with E-state index in [1.165, 1.54) is 11.1 Å². The maximum Gasteiger partial charge on any atom is 0.329 e. The largest absolute Gasteiger partial charge is 0.480 e. The summed E-state index contributed by atoms with van der Waals surface area (Å²) >= 11 is 0. The maximum atomic E-state index is 12.7. The second-order valence-electron chi connectivity index (χ2n) is 6.19. The van der Waals surface area contributed by atoms with Crippen LogP contribution >= 0.6 is 0 Å². The van der Waals surface area contributed by atoms with Gasteiger partial charge in [-0.2, -0.15) is 0 Å². The van der Waals surface area contributed by atoms with Crippen molar-refractivity contribution in [3.8, 4) is 5.88 Å². The number of hydrogen-bond acceptors (Lipinski definition) is 4. The minimum absolute atomic E-state index is 0.189. The number of carboxylic acids is 1. The van der Waals surface area contributed by atoms with Crippen molar-refractivity contribution in [2.45, 2.75) is 50.7 Å². The summed E-state index contributed by atoms with van der Waals surface area (Å²) in [6, 6.07) is 3.22. The van der Waals surface area contributed by atoms with Crippen LogP contribution < -0.4 is 4.74 Å². The van der Waals surface area contributed by atoms with E-state index in [1.807, 2.05) is 0 Å². The highest BCUT2D eigenvalue weighted by Gasteiger charge is 2.46. The van der Waals surface area contributed by atoms with Gasteiger partial charge in [0.25, 0.3) is 5.91 Å². The Morgan fingerprint density at radius 2 is 2.18 bits per heavy atom. The SMILES string of the molecule is CC1(C(=O)O)CCCN1C(=O)c1ccnc(OC2CCC2)c1. The average Bonchev–Trinajstić information content (AvgIpc) is 2.86. The lowest BCUT2D eigenvalue weighted by atomic mass is 9.96. The van der Waals surface area contributed by atoms with E-state index in [2.05, 4.69) is 4.98 Å². The number of carbonyl (C=O) groups is 2. The van der Waals surface area contributed by atoms with Crippen molar-refractivity contribution in [2.75, 3.05) is 6.54 Å². The molecule has 6 nitrogen and oxygen atoms in total. The number of likely N-dealkylation sites (tertiary alicyclic amines) is 1. The third-order valence-corrected chi connectivity index (χ3v) is 4.67. The Labute approximate surface area is 129 Å². The summed E-state index contributed by atoms with van der Waals surface area (Å²) in [5.41, 5.74) is -0.700. The molecule has 3 rings (SSSR count). The summed E-state index contributed by atoms with van der Waals surface area (Å²) in [6.45, 7) is 2.07. The van der Waals surface area contributed by atoms with E-state index in [1.54, 1.807) is 19.1 Å². The Balaban J connectivity index is 1.79. The summed E-state index contributed by atoms with van der Waals surface area (Å²) in [5.74, 6) is -0.798. The standard InChI is InChI=1S/C16H20N2O4/c1-16(15(20)21)7-3-9-18(16)14(19)11-6-8-17-13(10-11)22-12-4-2-5-12/h6,8,10,12H,2-5,7,9H2,1H3,(H,20,21). The van der Waals surface area contributed by atoms with Gasteiger partial charge in [-0.05, 0) is 45.1 Å². The highest BCUT2D eigenvalue weighted by Crippen LogP contribution is 2.31. The van der Waals surface area contributed by atoms with Crippen LogP contribution in [0.1, 0.15) is 49.4 Å². The van der Waals surface area contributed by atoms with E-state index >= 15 is 0 Å². The van der Waals surface area contributed by atoms with Crippen molar-refractivity contribution in [3.63, 3.8) is 0 Å². The molecule has 1 aromatic rings. The number of aliphatic carboxylic acids is 1. The molecule has 2 aliphatic rings. The molecule has 1 N–H and O–H groups in total. The van der Waals surface area contributed by atoms with Crippen molar-refractivity contribution in [1.82, 2.24) is 9.88 Å². The fourth-order valence-corrected chi connectivity index (χ4v) is 2.93. The number of carboxylic acid groups (broad SMARTS) is 1. The second kappa shape index (κ2) is 5.59. The zero-order valence-electron chi connectivity index (χ0n) is 12.6. The van der Waals surface area contributed by atoms with Crippen molar-refractivity contribution in [2.24, 2.45) is 0 Å². The quantitative estimate of drug-likeness (QED) is 0.921. The van der Waals surface area contributed by atoms with Gasteiger partial charge in [-0.3, -0.25) is 4.79 Å². The smallest absolute Gasteiger partial charge is 0.329 e. The number of aromatic nitrogens is 1. The third kappa shape index (κ3) is 2.53. The first-order valence-electron chi connectivity index (χ1n) is 7.69. The summed E-state index contributed by atoms with van der Waals surface area (Å²) < 4.78 is 5.71. The van der Waals surface area contributed by atoms with E-state index in [0.717, 1.165) is 19.3 Å². The van der Waals surface area contributed by atoms with Crippen molar-refractivity contribution < 1.29 is 19.4 Å². The molecule has 0 aromatic carbocycles. The number of rotatable bonds is 4. The molecule has 0 bridgehead atoms. The predicted molar refractivity (Wildman–Crippen MR) is 78.8 cm³/mol. The molecule has 2 fully saturated rings. The molecule has 0 spiro atoms. The molecule has 6 heteroatoms. The lowest BCUT2D eigenvalue weighted by Gasteiger charge is -2.31. The fourth-order valence-electron chi connectivity index (χ4n) is 2.93. The topological polar surface area (TPSA) is 79.7 Å². The van der Waals surface area contributed by atoms with Gasteiger partial charge in [-0.25, -0.2) is 9.78 Å². The van der Waals surface area contributed by atoms with Crippen LogP contribution in [-0.2, 0) is 4.79 Å². The molecule has 118 valence electrons. The molecule has 22 heavy (non-hydrogen) atoms. The molecule has 2 heterocycles. The van der Waals surface area contributed by atoms with Crippen LogP contribution in [0.15, 0.2) is 18.3 Å². The zero-order chi connectivity index (χ0) is 15.7. The summed E-state index contributed by atoms with van der Waals surface area (Å²) in [7, 11) is 0. The van der Waals surface area contributed by atoms with Gasteiger partial charge in [0.05, 0.1) is 0 Å². The highest BCUT2D eigenvalue weighted by molar-refractivity contribution is 5.98. The van der Waals surface area contributed by atoms with Gasteiger partial charge in [0.2, 0.25) is 5.88 Å². The third-order valence-electron chi connectivity index (χ3n) is 4.67. The summed E-state index contributed by atoms with van der Waals surface area (Å²) in [5, 5.41) is 9.42. The molecular formula is C16H20N2O4. The van der Waals surface area contributed by atoms with Crippen molar-refractivity contribution >= 4 is 11.9 Å². The molecule has 1 amide bonds. The molecule has 1 atom stereocenters. The molecule has 1 unspecified atom stereocenters. The van der Waals surface area contributed by atoms with Gasteiger partial charge >= 0.3 is 5.97 Å². The van der Waals surface area contributed by atoms with Crippen LogP contribution in [0.5, 0.6) is 5.88 Å². The first kappa shape index (κ1) is 14.8. The van der Waals surface area contributed by atoms with Crippen molar-refractivity contribution in [1.29, 1.82) is 0 Å². The predicted octanol–water partition coefficient (Wildman–Crippen LogP) is 2.09. The Kier molecular flexibility index (Phi) is 3.76. The van der Waals surface area contributed by atoms with Crippen LogP contribution in [0.4, 0.5) is 0 Å². The molecule has 1 aliphatic carbocycles. The normalized spacial score (nSPS) is 24.9. The number of ether oxygens (including phenoxy) is 1. The minimum atomic E-state index is -1.13. The Morgan fingerprint density at radius 3 is 2.82 bits per heavy atom. The fraction of sp³-hybridized carbons (Fsp3) is 0.562. The van der Waals surface area contributed by atoms with Crippen LogP contribution in [0, 0.1) is 0 Å². The van der Waals surface area contributed by atoms with Crippen LogP contribution in [-0.4, -0.2) is 45.1 Å². The van der Waals surface area contributed by atoms with Gasteiger partial charge < -0.3 is 14.7 Å². The summed E-state index contributed by atoms with van der Waals surface area (Å²) in [6.07, 6.45) is 6.10. The maximum absolute atomic E-state index is 12.7. The monoisotopic (exact) mass is 304 g/mol. The van der Waals surface area contributed by atoms with Gasteiger partial charge in [0, 0.05) is 24.4 Å². The molecule has 1 aromatic heterocycles. The number of pyridine rings is 1. The molecule has 1 saturated carbocycles. The molecular weight excluding hydrogens is 284 g/mol. The van der Waals surface area contributed by atoms with E-state index in [4.69, 9.17) is 4.74 Å². The number of carbonyl (C=O) groups excluding carboxylic acids is 1. The van der Waals surface area contributed by atoms with Gasteiger partial charge in [0.15, 0.2) is 0 Å². The highest BCUT2D eigenvalue weighted by atomic mass is 16.5. The first-order chi connectivity index (χ1) is 10.5. The lowest BCUT2D eigenvalue weighted by Crippen LogP contribution is -2.50. The second-order valence-corrected chi connectivity index (χ2v) is 6.19. The van der Waals surface area contributed by atoms with E-state index in [-0.39, 0.29) is 12.0 Å². The van der Waals surface area contributed by atoms with Crippen LogP contribution in [0.25, 0.3) is 0 Å². The Hall–Kier alpha value is -2.11. The molecule has 1 saturated heterocycles. The van der Waals surface area contributed by atoms with Crippen LogP contribution in [0.3, 0.4) is 0 Å². The summed E-state index contributed by atoms with van der Waals surface area (Å²) in [4.78, 5) is 29.7. The van der Waals surface area contributed by atoms with Crippen LogP contribution in [0.2, 0.25) is 0 Å². The Morgan fingerprint density at radius 1 is 1.41 bits per heavy atom. The molecule has 1 aliphatic heterocycles. The Bertz CT molecular complexity index is 600. The first-order valence-corrected chi connectivity index (χ1v) is 7.69. The van der Waals surface area contributed by atoms with Gasteiger partial charge in [0.1, 0.15) is 11.6 Å². The minimum Gasteiger partial charge on any atom is -0.480 e. The average molecular weight is 304 g/mol. The van der Waals surface area contributed by atoms with Crippen molar-refractivity contribution in [3.05, 3.63) is 23.9 Å². The zero-order valence-corrected chi connectivity index (χ0v) is 12.6. The van der Waals surface area contributed by atoms with E-state index in [0.29, 0.717) is 30.8 Å². The van der Waals surface area contributed by atoms with E-state index in [9.17, 15) is 14.7 Å². The lowest BCUT2D eigenvalue weighted by molar-refractivity contribution is -0.147. The van der Waals surface area contributed by atoms with Gasteiger partial charge in [-0.15, -0.1) is 0 Å². The number of hydrogen-bond donors (Lipinski definition) is 1. The number of amides is 1.